The van der Waals surface area contributed by atoms with Crippen LogP contribution in [0.4, 0.5) is 0 Å². The summed E-state index contributed by atoms with van der Waals surface area (Å²) in [4.78, 5) is 13.6. The number of aliphatic hydroxyl groups is 1. The maximum Gasteiger partial charge on any atom is 0.260 e. The van der Waals surface area contributed by atoms with Gasteiger partial charge in [0.15, 0.2) is 6.61 Å². The first kappa shape index (κ1) is 15.3. The molecule has 0 radical (unpaired) electrons. The van der Waals surface area contributed by atoms with Crippen molar-refractivity contribution in [1.82, 2.24) is 4.90 Å². The van der Waals surface area contributed by atoms with Crippen molar-refractivity contribution in [3.63, 3.8) is 0 Å². The normalized spacial score (nSPS) is 16.9. The Bertz CT molecular complexity index is 472. The van der Waals surface area contributed by atoms with E-state index in [0.29, 0.717) is 12.3 Å². The van der Waals surface area contributed by atoms with Crippen LogP contribution in [0.25, 0.3) is 0 Å². The van der Waals surface area contributed by atoms with E-state index in [0.717, 1.165) is 30.2 Å². The fraction of sp³-hybridized carbons (Fsp3) is 0.533. The number of halogens is 1. The summed E-state index contributed by atoms with van der Waals surface area (Å²) in [6.07, 6.45) is 3.61. The average molecular weight is 342 g/mol. The molecule has 5 heteroatoms. The molecule has 0 aliphatic heterocycles. The smallest absolute Gasteiger partial charge is 0.260 e. The molecule has 1 aliphatic rings. The number of carbonyl (C=O) groups excluding carboxylic acids is 1. The van der Waals surface area contributed by atoms with Gasteiger partial charge >= 0.3 is 0 Å². The zero-order chi connectivity index (χ0) is 14.6. The standard InChI is InChI=1S/C15H20BrNO3/c1-17(11-15(19)8-4-5-9-15)14(18)10-20-13-7-3-2-6-12(13)16/h2-3,6-7,19H,4-5,8-11H2,1H3. The molecular formula is C15H20BrNO3. The van der Waals surface area contributed by atoms with Gasteiger partial charge in [-0.25, -0.2) is 0 Å². The lowest BCUT2D eigenvalue weighted by Gasteiger charge is -2.28. The summed E-state index contributed by atoms with van der Waals surface area (Å²) in [7, 11) is 1.71. The predicted molar refractivity (Wildman–Crippen MR) is 80.7 cm³/mol. The summed E-state index contributed by atoms with van der Waals surface area (Å²) in [5.74, 6) is 0.523. The van der Waals surface area contributed by atoms with E-state index in [2.05, 4.69) is 15.9 Å². The Morgan fingerprint density at radius 3 is 2.70 bits per heavy atom. The number of carbonyl (C=O) groups is 1. The van der Waals surface area contributed by atoms with E-state index in [1.807, 2.05) is 24.3 Å². The lowest BCUT2D eigenvalue weighted by atomic mass is 10.0. The molecule has 1 fully saturated rings. The monoisotopic (exact) mass is 341 g/mol. The molecule has 0 spiro atoms. The van der Waals surface area contributed by atoms with Crippen molar-refractivity contribution in [3.05, 3.63) is 28.7 Å². The zero-order valence-corrected chi connectivity index (χ0v) is 13.2. The second kappa shape index (κ2) is 6.59. The highest BCUT2D eigenvalue weighted by atomic mass is 79.9. The Hall–Kier alpha value is -1.07. The Balaban J connectivity index is 1.84. The number of amides is 1. The first-order chi connectivity index (χ1) is 9.50. The van der Waals surface area contributed by atoms with Crippen LogP contribution in [0.15, 0.2) is 28.7 Å². The van der Waals surface area contributed by atoms with E-state index in [1.165, 1.54) is 0 Å². The summed E-state index contributed by atoms with van der Waals surface area (Å²) < 4.78 is 6.32. The molecule has 1 amide bonds. The van der Waals surface area contributed by atoms with Crippen molar-refractivity contribution in [2.45, 2.75) is 31.3 Å². The van der Waals surface area contributed by atoms with E-state index < -0.39 is 5.60 Å². The molecule has 20 heavy (non-hydrogen) atoms. The van der Waals surface area contributed by atoms with Gasteiger partial charge in [0, 0.05) is 13.6 Å². The highest BCUT2D eigenvalue weighted by Gasteiger charge is 2.33. The van der Waals surface area contributed by atoms with Crippen LogP contribution < -0.4 is 4.74 Å². The van der Waals surface area contributed by atoms with Crippen LogP contribution >= 0.6 is 15.9 Å². The Morgan fingerprint density at radius 2 is 2.05 bits per heavy atom. The molecule has 0 bridgehead atoms. The summed E-state index contributed by atoms with van der Waals surface area (Å²) in [6, 6.07) is 7.42. The fourth-order valence-electron chi connectivity index (χ4n) is 2.53. The van der Waals surface area contributed by atoms with E-state index >= 15 is 0 Å². The highest BCUT2D eigenvalue weighted by Crippen LogP contribution is 2.30. The molecule has 0 unspecified atom stereocenters. The molecule has 110 valence electrons. The third-order valence-electron chi connectivity index (χ3n) is 3.68. The number of ether oxygens (including phenoxy) is 1. The minimum Gasteiger partial charge on any atom is -0.483 e. The fourth-order valence-corrected chi connectivity index (χ4v) is 2.93. The van der Waals surface area contributed by atoms with Gasteiger partial charge in [-0.2, -0.15) is 0 Å². The molecule has 1 aliphatic carbocycles. The van der Waals surface area contributed by atoms with Crippen LogP contribution in [0.3, 0.4) is 0 Å². The van der Waals surface area contributed by atoms with Gasteiger partial charge in [-0.15, -0.1) is 0 Å². The van der Waals surface area contributed by atoms with Gasteiger partial charge in [-0.3, -0.25) is 4.79 Å². The van der Waals surface area contributed by atoms with Gasteiger partial charge in [-0.1, -0.05) is 25.0 Å². The molecular weight excluding hydrogens is 322 g/mol. The number of para-hydroxylation sites is 1. The van der Waals surface area contributed by atoms with Crippen molar-refractivity contribution >= 4 is 21.8 Å². The topological polar surface area (TPSA) is 49.8 Å². The third-order valence-corrected chi connectivity index (χ3v) is 4.33. The predicted octanol–water partition coefficient (Wildman–Crippen LogP) is 2.59. The number of hydrogen-bond acceptors (Lipinski definition) is 3. The van der Waals surface area contributed by atoms with Crippen molar-refractivity contribution < 1.29 is 14.6 Å². The van der Waals surface area contributed by atoms with Gasteiger partial charge in [-0.05, 0) is 40.9 Å². The average Bonchev–Trinajstić information content (AvgIpc) is 2.84. The minimum absolute atomic E-state index is 0.0187. The maximum atomic E-state index is 12.0. The Kier molecular flexibility index (Phi) is 5.05. The summed E-state index contributed by atoms with van der Waals surface area (Å²) in [5, 5.41) is 10.3. The van der Waals surface area contributed by atoms with E-state index in [-0.39, 0.29) is 12.5 Å². The van der Waals surface area contributed by atoms with Crippen LogP contribution in [0.1, 0.15) is 25.7 Å². The number of benzene rings is 1. The number of likely N-dealkylation sites (N-methyl/N-ethyl adjacent to an activating group) is 1. The van der Waals surface area contributed by atoms with Gasteiger partial charge in [0.25, 0.3) is 5.91 Å². The first-order valence-corrected chi connectivity index (χ1v) is 7.63. The third kappa shape index (κ3) is 3.96. The van der Waals surface area contributed by atoms with E-state index in [1.54, 1.807) is 11.9 Å². The second-order valence-corrected chi connectivity index (χ2v) is 6.25. The SMILES string of the molecule is CN(CC1(O)CCCC1)C(=O)COc1ccccc1Br. The second-order valence-electron chi connectivity index (χ2n) is 5.40. The van der Waals surface area contributed by atoms with Crippen LogP contribution in [0, 0.1) is 0 Å². The zero-order valence-electron chi connectivity index (χ0n) is 11.6. The van der Waals surface area contributed by atoms with Gasteiger partial charge in [0.05, 0.1) is 10.1 Å². The van der Waals surface area contributed by atoms with Crippen molar-refractivity contribution in [3.8, 4) is 5.75 Å². The van der Waals surface area contributed by atoms with E-state index in [9.17, 15) is 9.90 Å². The molecule has 0 atom stereocenters. The highest BCUT2D eigenvalue weighted by molar-refractivity contribution is 9.10. The van der Waals surface area contributed by atoms with Crippen molar-refractivity contribution in [2.24, 2.45) is 0 Å². The van der Waals surface area contributed by atoms with Gasteiger partial charge in [0.2, 0.25) is 0 Å². The van der Waals surface area contributed by atoms with Crippen LogP contribution in [0.2, 0.25) is 0 Å². The van der Waals surface area contributed by atoms with Crippen LogP contribution in [-0.2, 0) is 4.79 Å². The molecule has 2 rings (SSSR count). The van der Waals surface area contributed by atoms with Crippen molar-refractivity contribution in [2.75, 3.05) is 20.2 Å². The summed E-state index contributed by atoms with van der Waals surface area (Å²) in [6.45, 7) is 0.361. The number of hydrogen-bond donors (Lipinski definition) is 1. The molecule has 0 aromatic heterocycles. The van der Waals surface area contributed by atoms with Crippen LogP contribution in [0.5, 0.6) is 5.75 Å². The molecule has 1 aromatic rings. The lowest BCUT2D eigenvalue weighted by molar-refractivity contribution is -0.135. The van der Waals surface area contributed by atoms with E-state index in [4.69, 9.17) is 4.74 Å². The van der Waals surface area contributed by atoms with Crippen LogP contribution in [-0.4, -0.2) is 41.7 Å². The first-order valence-electron chi connectivity index (χ1n) is 6.84. The lowest BCUT2D eigenvalue weighted by Crippen LogP contribution is -2.43. The summed E-state index contributed by atoms with van der Waals surface area (Å²) >= 11 is 3.37. The quantitative estimate of drug-likeness (QED) is 0.895. The van der Waals surface area contributed by atoms with Gasteiger partial charge in [0.1, 0.15) is 5.75 Å². The van der Waals surface area contributed by atoms with Crippen molar-refractivity contribution in [1.29, 1.82) is 0 Å². The summed E-state index contributed by atoms with van der Waals surface area (Å²) in [5.41, 5.74) is -0.711. The molecule has 0 saturated heterocycles. The molecule has 4 nitrogen and oxygen atoms in total. The van der Waals surface area contributed by atoms with Gasteiger partial charge < -0.3 is 14.7 Å². The molecule has 0 heterocycles. The minimum atomic E-state index is -0.711. The molecule has 1 N–H and O–H groups in total. The number of nitrogens with zero attached hydrogens (tertiary/aromatic N) is 1. The number of rotatable bonds is 5. The largest absolute Gasteiger partial charge is 0.483 e. The molecule has 1 aromatic carbocycles. The Morgan fingerprint density at radius 1 is 1.40 bits per heavy atom. The Labute approximate surface area is 127 Å². The maximum absolute atomic E-state index is 12.0. The molecule has 1 saturated carbocycles.